The number of aromatic amines is 1. The lowest BCUT2D eigenvalue weighted by Crippen LogP contribution is -2.48. The van der Waals surface area contributed by atoms with Crippen LogP contribution >= 0.6 is 0 Å². The summed E-state index contributed by atoms with van der Waals surface area (Å²) in [4.78, 5) is 51.3. The summed E-state index contributed by atoms with van der Waals surface area (Å²) in [6.45, 7) is 5.33. The molecule has 1 aromatic carbocycles. The summed E-state index contributed by atoms with van der Waals surface area (Å²) in [5.74, 6) is -0.677. The van der Waals surface area contributed by atoms with Crippen molar-refractivity contribution in [1.29, 1.82) is 0 Å². The van der Waals surface area contributed by atoms with Gasteiger partial charge in [-0.15, -0.1) is 0 Å². The van der Waals surface area contributed by atoms with Gasteiger partial charge in [-0.3, -0.25) is 19.1 Å². The fourth-order valence-corrected chi connectivity index (χ4v) is 5.74. The van der Waals surface area contributed by atoms with Crippen LogP contribution in [0.1, 0.15) is 142 Å². The number of nitrogens with one attached hydrogen (secondary N) is 3. The van der Waals surface area contributed by atoms with Crippen LogP contribution in [0.25, 0.3) is 0 Å². The van der Waals surface area contributed by atoms with Crippen LogP contribution in [-0.4, -0.2) is 53.8 Å². The number of aryl methyl sites for hydroxylation is 1. The molecule has 1 amide bonds. The van der Waals surface area contributed by atoms with Crippen molar-refractivity contribution < 1.29 is 19.1 Å². The van der Waals surface area contributed by atoms with Crippen LogP contribution in [0.5, 0.6) is 0 Å². The molecular formula is C36H56N4O6. The number of esters is 1. The Morgan fingerprint density at radius 1 is 0.826 bits per heavy atom. The van der Waals surface area contributed by atoms with Gasteiger partial charge in [0.25, 0.3) is 11.5 Å². The van der Waals surface area contributed by atoms with Crippen molar-refractivity contribution >= 4 is 11.9 Å². The zero-order valence-electron chi connectivity index (χ0n) is 28.1. The summed E-state index contributed by atoms with van der Waals surface area (Å²) in [5, 5.41) is 6.14. The third-order valence-electron chi connectivity index (χ3n) is 8.60. The van der Waals surface area contributed by atoms with Gasteiger partial charge in [0.2, 0.25) is 0 Å². The molecule has 1 fully saturated rings. The van der Waals surface area contributed by atoms with Crippen molar-refractivity contribution in [2.45, 2.75) is 129 Å². The Hall–Kier alpha value is -3.24. The number of unbranched alkanes of at least 4 members (excludes halogenated alkanes) is 15. The van der Waals surface area contributed by atoms with E-state index in [1.54, 1.807) is 31.2 Å². The standard InChI is InChI=1S/C36H56N4O6/c1-3-4-5-6-7-8-9-10-11-12-13-14-15-16-17-18-23-38-34(42)29-19-21-30(22-20-29)35(43)45-27-31-24-37-25-32(46-31)40-26-28(2)33(41)39-36(40)44/h19-22,26,31-32,37H,3-18,23-25,27H2,1-2H3,(H,38,42)(H,39,41,44)/t31-,32+/m0/s1. The van der Waals surface area contributed by atoms with Crippen molar-refractivity contribution in [3.05, 3.63) is 68.0 Å². The van der Waals surface area contributed by atoms with Gasteiger partial charge in [0.15, 0.2) is 6.23 Å². The SMILES string of the molecule is CCCCCCCCCCCCCCCCCCNC(=O)c1ccc(C(=O)OC[C@@H]2CNC[C@H](n3cc(C)c(=O)[nH]c3=O)O2)cc1. The maximum atomic E-state index is 12.6. The van der Waals surface area contributed by atoms with E-state index in [9.17, 15) is 19.2 Å². The molecule has 1 aliphatic rings. The Morgan fingerprint density at radius 2 is 1.37 bits per heavy atom. The smallest absolute Gasteiger partial charge is 0.338 e. The number of amides is 1. The van der Waals surface area contributed by atoms with Gasteiger partial charge in [0.1, 0.15) is 12.7 Å². The van der Waals surface area contributed by atoms with Crippen LogP contribution in [0, 0.1) is 6.92 Å². The van der Waals surface area contributed by atoms with Crippen molar-refractivity contribution in [2.24, 2.45) is 0 Å². The number of morpholine rings is 1. The second kappa shape index (κ2) is 21.5. The van der Waals surface area contributed by atoms with Crippen molar-refractivity contribution in [2.75, 3.05) is 26.2 Å². The molecule has 1 aliphatic heterocycles. The molecule has 10 heteroatoms. The minimum Gasteiger partial charge on any atom is -0.459 e. The van der Waals surface area contributed by atoms with Gasteiger partial charge < -0.3 is 20.1 Å². The molecule has 3 N–H and O–H groups in total. The van der Waals surface area contributed by atoms with E-state index < -0.39 is 29.6 Å². The van der Waals surface area contributed by atoms with Gasteiger partial charge in [-0.25, -0.2) is 9.59 Å². The average Bonchev–Trinajstić information content (AvgIpc) is 3.06. The van der Waals surface area contributed by atoms with Crippen molar-refractivity contribution in [3.8, 4) is 0 Å². The van der Waals surface area contributed by atoms with E-state index in [1.807, 2.05) is 0 Å². The summed E-state index contributed by atoms with van der Waals surface area (Å²) < 4.78 is 12.7. The third-order valence-corrected chi connectivity index (χ3v) is 8.60. The van der Waals surface area contributed by atoms with Crippen molar-refractivity contribution in [3.63, 3.8) is 0 Å². The minimum atomic E-state index is -0.641. The topological polar surface area (TPSA) is 132 Å². The molecule has 0 radical (unpaired) electrons. The number of ether oxygens (including phenoxy) is 2. The second-order valence-corrected chi connectivity index (χ2v) is 12.6. The molecule has 0 spiro atoms. The Morgan fingerprint density at radius 3 is 1.96 bits per heavy atom. The summed E-state index contributed by atoms with van der Waals surface area (Å²) in [6, 6.07) is 6.41. The zero-order valence-corrected chi connectivity index (χ0v) is 28.1. The molecule has 0 aliphatic carbocycles. The highest BCUT2D eigenvalue weighted by Gasteiger charge is 2.26. The number of aromatic nitrogens is 2. The number of hydrogen-bond donors (Lipinski definition) is 3. The van der Waals surface area contributed by atoms with E-state index in [0.29, 0.717) is 36.3 Å². The average molecular weight is 641 g/mol. The predicted molar refractivity (Wildman–Crippen MR) is 181 cm³/mol. The molecular weight excluding hydrogens is 584 g/mol. The molecule has 46 heavy (non-hydrogen) atoms. The largest absolute Gasteiger partial charge is 0.459 e. The quantitative estimate of drug-likeness (QED) is 0.103. The van der Waals surface area contributed by atoms with Gasteiger partial charge in [-0.05, 0) is 37.6 Å². The molecule has 0 unspecified atom stereocenters. The number of H-pyrrole nitrogens is 1. The molecule has 0 saturated carbocycles. The minimum absolute atomic E-state index is 0.0129. The highest BCUT2D eigenvalue weighted by atomic mass is 16.6. The highest BCUT2D eigenvalue weighted by molar-refractivity contribution is 5.96. The van der Waals surface area contributed by atoms with E-state index >= 15 is 0 Å². The predicted octanol–water partition coefficient (Wildman–Crippen LogP) is 6.18. The molecule has 10 nitrogen and oxygen atoms in total. The van der Waals surface area contributed by atoms with Gasteiger partial charge in [0.05, 0.1) is 5.56 Å². The Kier molecular flexibility index (Phi) is 17.4. The second-order valence-electron chi connectivity index (χ2n) is 12.6. The van der Waals surface area contributed by atoms with E-state index in [2.05, 4.69) is 22.5 Å². The van der Waals surface area contributed by atoms with E-state index in [-0.39, 0.29) is 12.5 Å². The number of nitrogens with zero attached hydrogens (tertiary/aromatic N) is 1. The lowest BCUT2D eigenvalue weighted by atomic mass is 10.0. The number of benzene rings is 1. The monoisotopic (exact) mass is 640 g/mol. The first kappa shape index (κ1) is 37.2. The first-order valence-corrected chi connectivity index (χ1v) is 17.6. The maximum Gasteiger partial charge on any atom is 0.338 e. The Bertz CT molecular complexity index is 1290. The van der Waals surface area contributed by atoms with Gasteiger partial charge in [-0.2, -0.15) is 0 Å². The first-order valence-electron chi connectivity index (χ1n) is 17.6. The summed E-state index contributed by atoms with van der Waals surface area (Å²) in [5.41, 5.74) is 0.234. The number of rotatable bonds is 22. The normalized spacial score (nSPS) is 16.3. The van der Waals surface area contributed by atoms with Gasteiger partial charge in [-0.1, -0.05) is 103 Å². The van der Waals surface area contributed by atoms with Crippen LogP contribution in [0.15, 0.2) is 40.1 Å². The summed E-state index contributed by atoms with van der Waals surface area (Å²) in [7, 11) is 0. The summed E-state index contributed by atoms with van der Waals surface area (Å²) in [6.07, 6.45) is 21.4. The van der Waals surface area contributed by atoms with Crippen LogP contribution in [0.2, 0.25) is 0 Å². The van der Waals surface area contributed by atoms with Crippen LogP contribution < -0.4 is 21.9 Å². The van der Waals surface area contributed by atoms with Crippen LogP contribution in [-0.2, 0) is 9.47 Å². The number of carbonyl (C=O) groups excluding carboxylic acids is 2. The van der Waals surface area contributed by atoms with Gasteiger partial charge in [0, 0.05) is 37.0 Å². The lowest BCUT2D eigenvalue weighted by Gasteiger charge is -2.31. The molecule has 2 aromatic rings. The lowest BCUT2D eigenvalue weighted by molar-refractivity contribution is -0.0996. The third kappa shape index (κ3) is 13.6. The van der Waals surface area contributed by atoms with Crippen LogP contribution in [0.3, 0.4) is 0 Å². The van der Waals surface area contributed by atoms with Crippen LogP contribution in [0.4, 0.5) is 0 Å². The van der Waals surface area contributed by atoms with Crippen molar-refractivity contribution in [1.82, 2.24) is 20.2 Å². The maximum absolute atomic E-state index is 12.6. The molecule has 3 rings (SSSR count). The molecule has 2 atom stereocenters. The van der Waals surface area contributed by atoms with Gasteiger partial charge >= 0.3 is 11.7 Å². The number of hydrogen-bond acceptors (Lipinski definition) is 7. The molecule has 2 heterocycles. The van der Waals surface area contributed by atoms with E-state index in [1.165, 1.54) is 101 Å². The zero-order chi connectivity index (χ0) is 33.0. The first-order chi connectivity index (χ1) is 22.4. The molecule has 256 valence electrons. The molecule has 0 bridgehead atoms. The summed E-state index contributed by atoms with van der Waals surface area (Å²) >= 11 is 0. The highest BCUT2D eigenvalue weighted by Crippen LogP contribution is 2.15. The fraction of sp³-hybridized carbons (Fsp3) is 0.667. The molecule has 1 saturated heterocycles. The number of carbonyl (C=O) groups is 2. The van der Waals surface area contributed by atoms with E-state index in [0.717, 1.165) is 12.8 Å². The Labute approximate surface area is 274 Å². The fourth-order valence-electron chi connectivity index (χ4n) is 5.74. The Balaban J connectivity index is 1.22. The molecule has 1 aromatic heterocycles. The van der Waals surface area contributed by atoms with E-state index in [4.69, 9.17) is 9.47 Å².